The van der Waals surface area contributed by atoms with Crippen LogP contribution in [-0.2, 0) is 0 Å². The monoisotopic (exact) mass is 292 g/mol. The Balaban J connectivity index is 2.03. The highest BCUT2D eigenvalue weighted by Gasteiger charge is 2.06. The standard InChI is InChI=1S/C19H16O3/c1-12-3-5-14(6-4-12)7-8-15-11-18-16(10-17(15)20)9-13(2)19(21)22-18/h3-11,20H,1-2H3/b8-7+. The Morgan fingerprint density at radius 3 is 2.45 bits per heavy atom. The lowest BCUT2D eigenvalue weighted by Crippen LogP contribution is -2.01. The molecule has 3 nitrogen and oxygen atoms in total. The third-order valence-electron chi connectivity index (χ3n) is 3.59. The normalized spacial score (nSPS) is 11.4. The van der Waals surface area contributed by atoms with Crippen molar-refractivity contribution in [1.29, 1.82) is 0 Å². The van der Waals surface area contributed by atoms with Gasteiger partial charge < -0.3 is 9.52 Å². The van der Waals surface area contributed by atoms with E-state index in [9.17, 15) is 9.90 Å². The van der Waals surface area contributed by atoms with E-state index in [0.717, 1.165) is 5.56 Å². The largest absolute Gasteiger partial charge is 0.507 e. The molecule has 110 valence electrons. The molecule has 0 atom stereocenters. The third-order valence-corrected chi connectivity index (χ3v) is 3.59. The average molecular weight is 292 g/mol. The smallest absolute Gasteiger partial charge is 0.339 e. The molecule has 0 radical (unpaired) electrons. The van der Waals surface area contributed by atoms with Gasteiger partial charge in [-0.1, -0.05) is 42.0 Å². The maximum atomic E-state index is 11.6. The number of hydrogen-bond acceptors (Lipinski definition) is 3. The lowest BCUT2D eigenvalue weighted by atomic mass is 10.1. The maximum Gasteiger partial charge on any atom is 0.339 e. The fourth-order valence-corrected chi connectivity index (χ4v) is 2.27. The molecule has 1 N–H and O–H groups in total. The first kappa shape index (κ1) is 14.1. The van der Waals surface area contributed by atoms with Gasteiger partial charge in [-0.25, -0.2) is 4.79 Å². The van der Waals surface area contributed by atoms with Gasteiger partial charge in [-0.15, -0.1) is 0 Å². The molecule has 0 unspecified atom stereocenters. The van der Waals surface area contributed by atoms with Crippen LogP contribution in [0.4, 0.5) is 0 Å². The van der Waals surface area contributed by atoms with E-state index in [1.54, 1.807) is 31.2 Å². The molecule has 2 aromatic carbocycles. The zero-order valence-electron chi connectivity index (χ0n) is 12.5. The van der Waals surface area contributed by atoms with E-state index in [0.29, 0.717) is 22.1 Å². The molecule has 0 spiro atoms. The van der Waals surface area contributed by atoms with E-state index in [-0.39, 0.29) is 11.4 Å². The van der Waals surface area contributed by atoms with Crippen LogP contribution in [0.2, 0.25) is 0 Å². The molecular formula is C19H16O3. The number of aryl methyl sites for hydroxylation is 2. The van der Waals surface area contributed by atoms with Gasteiger partial charge in [0.15, 0.2) is 0 Å². The number of aromatic hydroxyl groups is 1. The van der Waals surface area contributed by atoms with Crippen LogP contribution in [0.5, 0.6) is 5.75 Å². The predicted octanol–water partition coefficient (Wildman–Crippen LogP) is 4.29. The van der Waals surface area contributed by atoms with Crippen LogP contribution in [0.25, 0.3) is 23.1 Å². The lowest BCUT2D eigenvalue weighted by Gasteiger charge is -2.03. The summed E-state index contributed by atoms with van der Waals surface area (Å²) in [5, 5.41) is 10.8. The molecule has 3 rings (SSSR count). The van der Waals surface area contributed by atoms with Crippen molar-refractivity contribution in [2.75, 3.05) is 0 Å². The highest BCUT2D eigenvalue weighted by molar-refractivity contribution is 5.85. The molecule has 3 heteroatoms. The van der Waals surface area contributed by atoms with Crippen molar-refractivity contribution in [3.8, 4) is 5.75 Å². The zero-order valence-corrected chi connectivity index (χ0v) is 12.5. The molecule has 0 bridgehead atoms. The first-order valence-corrected chi connectivity index (χ1v) is 7.05. The minimum Gasteiger partial charge on any atom is -0.507 e. The number of fused-ring (bicyclic) bond motifs is 1. The Bertz CT molecular complexity index is 916. The molecule has 0 aliphatic heterocycles. The number of rotatable bonds is 2. The molecule has 3 aromatic rings. The summed E-state index contributed by atoms with van der Waals surface area (Å²) in [5.74, 6) is 0.157. The van der Waals surface area contributed by atoms with E-state index >= 15 is 0 Å². The van der Waals surface area contributed by atoms with Crippen LogP contribution in [0, 0.1) is 13.8 Å². The van der Waals surface area contributed by atoms with E-state index < -0.39 is 0 Å². The van der Waals surface area contributed by atoms with Gasteiger partial charge in [-0.3, -0.25) is 0 Å². The summed E-state index contributed by atoms with van der Waals surface area (Å²) in [6.07, 6.45) is 3.71. The van der Waals surface area contributed by atoms with Gasteiger partial charge in [0.1, 0.15) is 11.3 Å². The van der Waals surface area contributed by atoms with Gasteiger partial charge in [-0.05, 0) is 37.6 Å². The molecule has 0 aliphatic rings. The van der Waals surface area contributed by atoms with Crippen molar-refractivity contribution in [2.45, 2.75) is 13.8 Å². The predicted molar refractivity (Wildman–Crippen MR) is 89.0 cm³/mol. The van der Waals surface area contributed by atoms with Crippen LogP contribution in [0.15, 0.2) is 51.7 Å². The quantitative estimate of drug-likeness (QED) is 0.566. The van der Waals surface area contributed by atoms with Gasteiger partial charge in [0.25, 0.3) is 0 Å². The Labute approximate surface area is 128 Å². The first-order chi connectivity index (χ1) is 10.5. The summed E-state index contributed by atoms with van der Waals surface area (Å²) in [5.41, 5.74) is 3.48. The van der Waals surface area contributed by atoms with Gasteiger partial charge >= 0.3 is 5.63 Å². The summed E-state index contributed by atoms with van der Waals surface area (Å²) in [7, 11) is 0. The Hall–Kier alpha value is -2.81. The van der Waals surface area contributed by atoms with Crippen molar-refractivity contribution in [2.24, 2.45) is 0 Å². The molecule has 0 aliphatic carbocycles. The highest BCUT2D eigenvalue weighted by atomic mass is 16.4. The zero-order chi connectivity index (χ0) is 15.7. The maximum absolute atomic E-state index is 11.6. The van der Waals surface area contributed by atoms with Crippen molar-refractivity contribution in [3.63, 3.8) is 0 Å². The molecule has 1 heterocycles. The highest BCUT2D eigenvalue weighted by Crippen LogP contribution is 2.26. The number of benzene rings is 2. The Morgan fingerprint density at radius 1 is 1.00 bits per heavy atom. The van der Waals surface area contributed by atoms with E-state index in [4.69, 9.17) is 4.42 Å². The second-order valence-electron chi connectivity index (χ2n) is 5.41. The van der Waals surface area contributed by atoms with Crippen LogP contribution < -0.4 is 5.63 Å². The van der Waals surface area contributed by atoms with Gasteiger partial charge in [0, 0.05) is 16.5 Å². The molecule has 0 saturated heterocycles. The van der Waals surface area contributed by atoms with E-state index in [1.165, 1.54) is 5.56 Å². The van der Waals surface area contributed by atoms with Crippen LogP contribution in [-0.4, -0.2) is 5.11 Å². The van der Waals surface area contributed by atoms with E-state index in [2.05, 4.69) is 0 Å². The summed E-state index contributed by atoms with van der Waals surface area (Å²) >= 11 is 0. The Kier molecular flexibility index (Phi) is 3.55. The van der Waals surface area contributed by atoms with Gasteiger partial charge in [0.05, 0.1) is 0 Å². The van der Waals surface area contributed by atoms with Crippen molar-refractivity contribution >= 4 is 23.1 Å². The number of phenolic OH excluding ortho intramolecular Hbond substituents is 1. The SMILES string of the molecule is Cc1ccc(/C=C/c2cc3oc(=O)c(C)cc3cc2O)cc1. The Morgan fingerprint density at radius 2 is 1.73 bits per heavy atom. The van der Waals surface area contributed by atoms with Crippen LogP contribution in [0.1, 0.15) is 22.3 Å². The van der Waals surface area contributed by atoms with Crippen molar-refractivity contribution in [1.82, 2.24) is 0 Å². The van der Waals surface area contributed by atoms with Crippen molar-refractivity contribution in [3.05, 3.63) is 75.1 Å². The molecule has 22 heavy (non-hydrogen) atoms. The van der Waals surface area contributed by atoms with Crippen LogP contribution in [0.3, 0.4) is 0 Å². The summed E-state index contributed by atoms with van der Waals surface area (Å²) in [6.45, 7) is 3.72. The molecule has 0 amide bonds. The topological polar surface area (TPSA) is 50.4 Å². The lowest BCUT2D eigenvalue weighted by molar-refractivity contribution is 0.474. The van der Waals surface area contributed by atoms with E-state index in [1.807, 2.05) is 37.3 Å². The molecular weight excluding hydrogens is 276 g/mol. The fraction of sp³-hybridized carbons (Fsp3) is 0.105. The molecule has 0 fully saturated rings. The van der Waals surface area contributed by atoms with Gasteiger partial charge in [0.2, 0.25) is 0 Å². The summed E-state index contributed by atoms with van der Waals surface area (Å²) in [6, 6.07) is 13.1. The number of phenols is 1. The molecule has 1 aromatic heterocycles. The minimum absolute atomic E-state index is 0.157. The van der Waals surface area contributed by atoms with Crippen LogP contribution >= 0.6 is 0 Å². The minimum atomic E-state index is -0.355. The third kappa shape index (κ3) is 2.79. The number of hydrogen-bond donors (Lipinski definition) is 1. The second-order valence-corrected chi connectivity index (χ2v) is 5.41. The summed E-state index contributed by atoms with van der Waals surface area (Å²) < 4.78 is 5.26. The van der Waals surface area contributed by atoms with Gasteiger partial charge in [-0.2, -0.15) is 0 Å². The summed E-state index contributed by atoms with van der Waals surface area (Å²) in [4.78, 5) is 11.6. The molecule has 0 saturated carbocycles. The average Bonchev–Trinajstić information content (AvgIpc) is 2.49. The second kappa shape index (κ2) is 5.53. The fourth-order valence-electron chi connectivity index (χ4n) is 2.27. The first-order valence-electron chi connectivity index (χ1n) is 7.05. The van der Waals surface area contributed by atoms with Crippen molar-refractivity contribution < 1.29 is 9.52 Å².